The molecule has 1 aliphatic heterocycles. The van der Waals surface area contributed by atoms with Gasteiger partial charge in [-0.05, 0) is 44.3 Å². The lowest BCUT2D eigenvalue weighted by Crippen LogP contribution is -2.42. The number of aromatic nitrogens is 1. The third kappa shape index (κ3) is 2.22. The Morgan fingerprint density at radius 2 is 2.33 bits per heavy atom. The second kappa shape index (κ2) is 4.86. The van der Waals surface area contributed by atoms with E-state index < -0.39 is 0 Å². The van der Waals surface area contributed by atoms with Gasteiger partial charge >= 0.3 is 0 Å². The molecule has 18 heavy (non-hydrogen) atoms. The van der Waals surface area contributed by atoms with Crippen molar-refractivity contribution in [3.8, 4) is 0 Å². The van der Waals surface area contributed by atoms with Crippen LogP contribution in [0.3, 0.4) is 0 Å². The van der Waals surface area contributed by atoms with E-state index in [1.54, 1.807) is 11.3 Å². The van der Waals surface area contributed by atoms with Crippen molar-refractivity contribution in [1.29, 1.82) is 0 Å². The Balaban J connectivity index is 1.78. The van der Waals surface area contributed by atoms with E-state index in [0.29, 0.717) is 12.1 Å². The summed E-state index contributed by atoms with van der Waals surface area (Å²) in [4.78, 5) is 6.93. The number of fused-ring (bicyclic) bond motifs is 1. The molecule has 3 nitrogen and oxygen atoms in total. The molecule has 3 heterocycles. The van der Waals surface area contributed by atoms with Gasteiger partial charge in [0.15, 0.2) is 0 Å². The lowest BCUT2D eigenvalue weighted by Gasteiger charge is -2.35. The van der Waals surface area contributed by atoms with Crippen LogP contribution >= 0.6 is 11.3 Å². The quantitative estimate of drug-likeness (QED) is 0.900. The molecule has 3 rings (SSSR count). The van der Waals surface area contributed by atoms with Crippen molar-refractivity contribution in [2.75, 3.05) is 18.9 Å². The lowest BCUT2D eigenvalue weighted by molar-refractivity contribution is 0.190. The van der Waals surface area contributed by atoms with Crippen molar-refractivity contribution >= 4 is 27.2 Å². The summed E-state index contributed by atoms with van der Waals surface area (Å²) < 4.78 is 1.31. The third-order valence-corrected chi connectivity index (χ3v) is 4.81. The summed E-state index contributed by atoms with van der Waals surface area (Å²) in [5.74, 6) is 1.05. The number of nitrogens with one attached hydrogen (secondary N) is 1. The van der Waals surface area contributed by atoms with Gasteiger partial charge < -0.3 is 10.2 Å². The second-order valence-corrected chi connectivity index (χ2v) is 6.13. The second-order valence-electron chi connectivity index (χ2n) is 5.19. The molecule has 1 saturated heterocycles. The average molecular weight is 261 g/mol. The van der Waals surface area contributed by atoms with E-state index in [1.165, 1.54) is 29.5 Å². The molecule has 4 heteroatoms. The Hall–Kier alpha value is -1.13. The number of likely N-dealkylation sites (tertiary alicyclic amines) is 1. The molecule has 0 aromatic carbocycles. The minimum absolute atomic E-state index is 0.550. The number of thiophene rings is 1. The van der Waals surface area contributed by atoms with E-state index >= 15 is 0 Å². The van der Waals surface area contributed by atoms with Crippen LogP contribution in [-0.2, 0) is 0 Å². The first-order valence-electron chi connectivity index (χ1n) is 6.53. The Morgan fingerprint density at radius 3 is 3.17 bits per heavy atom. The molecule has 1 N–H and O–H groups in total. The molecule has 0 saturated carbocycles. The maximum Gasteiger partial charge on any atom is 0.134 e. The van der Waals surface area contributed by atoms with E-state index in [9.17, 15) is 0 Å². The molecule has 0 aliphatic carbocycles. The highest BCUT2D eigenvalue weighted by Gasteiger charge is 2.23. The van der Waals surface area contributed by atoms with Crippen LogP contribution in [0.15, 0.2) is 23.7 Å². The molecule has 0 bridgehead atoms. The van der Waals surface area contributed by atoms with Crippen LogP contribution in [0.4, 0.5) is 5.82 Å². The summed E-state index contributed by atoms with van der Waals surface area (Å²) in [6.45, 7) is 3.46. The van der Waals surface area contributed by atoms with E-state index in [2.05, 4.69) is 46.7 Å². The first kappa shape index (κ1) is 11.9. The summed E-state index contributed by atoms with van der Waals surface area (Å²) >= 11 is 1.78. The van der Waals surface area contributed by atoms with Crippen LogP contribution in [0.2, 0.25) is 0 Å². The summed E-state index contributed by atoms with van der Waals surface area (Å²) in [6.07, 6.45) is 4.29. The topological polar surface area (TPSA) is 28.2 Å². The number of rotatable bonds is 2. The Kier molecular flexibility index (Phi) is 3.22. The SMILES string of the molecule is CC1CC(Nc2nccc3sccc23)CCN1C. The van der Waals surface area contributed by atoms with Gasteiger partial charge in [-0.3, -0.25) is 0 Å². The fourth-order valence-electron chi connectivity index (χ4n) is 2.62. The Morgan fingerprint density at radius 1 is 1.44 bits per heavy atom. The zero-order chi connectivity index (χ0) is 12.5. The van der Waals surface area contributed by atoms with Gasteiger partial charge in [0.2, 0.25) is 0 Å². The Bertz CT molecular complexity index is 537. The maximum absolute atomic E-state index is 4.50. The molecule has 0 radical (unpaired) electrons. The summed E-state index contributed by atoms with van der Waals surface area (Å²) in [5.41, 5.74) is 0. The highest BCUT2D eigenvalue weighted by Crippen LogP contribution is 2.28. The molecule has 1 fully saturated rings. The molecule has 0 amide bonds. The van der Waals surface area contributed by atoms with E-state index in [-0.39, 0.29) is 0 Å². The minimum Gasteiger partial charge on any atom is -0.367 e. The van der Waals surface area contributed by atoms with E-state index in [1.807, 2.05) is 6.20 Å². The fraction of sp³-hybridized carbons (Fsp3) is 0.500. The molecule has 1 aliphatic rings. The van der Waals surface area contributed by atoms with Gasteiger partial charge in [-0.2, -0.15) is 0 Å². The van der Waals surface area contributed by atoms with Crippen LogP contribution in [0, 0.1) is 0 Å². The average Bonchev–Trinajstić information content (AvgIpc) is 2.83. The van der Waals surface area contributed by atoms with Crippen molar-refractivity contribution in [2.24, 2.45) is 0 Å². The zero-order valence-corrected chi connectivity index (χ0v) is 11.7. The highest BCUT2D eigenvalue weighted by atomic mass is 32.1. The van der Waals surface area contributed by atoms with Crippen LogP contribution in [0.25, 0.3) is 10.1 Å². The fourth-order valence-corrected chi connectivity index (χ4v) is 3.41. The normalized spacial score (nSPS) is 25.4. The molecule has 2 unspecified atom stereocenters. The first-order valence-corrected chi connectivity index (χ1v) is 7.41. The number of hydrogen-bond acceptors (Lipinski definition) is 4. The van der Waals surface area contributed by atoms with Crippen molar-refractivity contribution in [1.82, 2.24) is 9.88 Å². The summed E-state index contributed by atoms with van der Waals surface area (Å²) in [6, 6.07) is 5.45. The van der Waals surface area contributed by atoms with Crippen LogP contribution in [0.1, 0.15) is 19.8 Å². The van der Waals surface area contributed by atoms with Gasteiger partial charge in [0, 0.05) is 34.9 Å². The van der Waals surface area contributed by atoms with Crippen molar-refractivity contribution in [2.45, 2.75) is 31.8 Å². The maximum atomic E-state index is 4.50. The molecular weight excluding hydrogens is 242 g/mol. The lowest BCUT2D eigenvalue weighted by atomic mass is 9.99. The van der Waals surface area contributed by atoms with E-state index in [4.69, 9.17) is 0 Å². The predicted molar refractivity (Wildman–Crippen MR) is 78.4 cm³/mol. The van der Waals surface area contributed by atoms with Crippen LogP contribution in [0.5, 0.6) is 0 Å². The van der Waals surface area contributed by atoms with Crippen molar-refractivity contribution in [3.05, 3.63) is 23.7 Å². The molecule has 2 atom stereocenters. The van der Waals surface area contributed by atoms with Gasteiger partial charge in [0.05, 0.1) is 0 Å². The van der Waals surface area contributed by atoms with E-state index in [0.717, 1.165) is 5.82 Å². The zero-order valence-electron chi connectivity index (χ0n) is 10.9. The standard InChI is InChI=1S/C14H19N3S/c1-10-9-11(4-7-17(10)2)16-14-12-5-8-18-13(12)3-6-15-14/h3,5-6,8,10-11H,4,7,9H2,1-2H3,(H,15,16). The predicted octanol–water partition coefficient (Wildman–Crippen LogP) is 3.19. The Labute approximate surface area is 112 Å². The smallest absolute Gasteiger partial charge is 0.134 e. The van der Waals surface area contributed by atoms with Gasteiger partial charge in [0.25, 0.3) is 0 Å². The van der Waals surface area contributed by atoms with Crippen molar-refractivity contribution < 1.29 is 0 Å². The molecular formula is C14H19N3S. The third-order valence-electron chi connectivity index (χ3n) is 3.93. The van der Waals surface area contributed by atoms with Crippen molar-refractivity contribution in [3.63, 3.8) is 0 Å². The minimum atomic E-state index is 0.550. The molecule has 2 aromatic heterocycles. The molecule has 0 spiro atoms. The first-order chi connectivity index (χ1) is 8.74. The van der Waals surface area contributed by atoms with Crippen LogP contribution in [-0.4, -0.2) is 35.6 Å². The summed E-state index contributed by atoms with van der Waals surface area (Å²) in [5, 5.41) is 7.02. The highest BCUT2D eigenvalue weighted by molar-refractivity contribution is 7.17. The number of pyridine rings is 1. The number of piperidine rings is 1. The number of nitrogens with zero attached hydrogens (tertiary/aromatic N) is 2. The summed E-state index contributed by atoms with van der Waals surface area (Å²) in [7, 11) is 2.21. The number of anilines is 1. The van der Waals surface area contributed by atoms with Gasteiger partial charge in [-0.25, -0.2) is 4.98 Å². The molecule has 2 aromatic rings. The monoisotopic (exact) mass is 261 g/mol. The largest absolute Gasteiger partial charge is 0.367 e. The number of hydrogen-bond donors (Lipinski definition) is 1. The van der Waals surface area contributed by atoms with Crippen LogP contribution < -0.4 is 5.32 Å². The van der Waals surface area contributed by atoms with Gasteiger partial charge in [-0.15, -0.1) is 11.3 Å². The van der Waals surface area contributed by atoms with Gasteiger partial charge in [-0.1, -0.05) is 0 Å². The van der Waals surface area contributed by atoms with Gasteiger partial charge in [0.1, 0.15) is 5.82 Å². The molecule has 96 valence electrons.